The topological polar surface area (TPSA) is 32.7 Å². The third-order valence-electron chi connectivity index (χ3n) is 4.07. The fraction of sp³-hybridized carbons (Fsp3) is 0.625. The van der Waals surface area contributed by atoms with E-state index in [0.29, 0.717) is 24.4 Å². The highest BCUT2D eigenvalue weighted by Crippen LogP contribution is 2.29. The molecule has 1 aliphatic heterocycles. The van der Waals surface area contributed by atoms with Crippen molar-refractivity contribution in [1.29, 1.82) is 0 Å². The minimum atomic E-state index is 0.227. The first-order valence-corrected chi connectivity index (χ1v) is 7.32. The van der Waals surface area contributed by atoms with Crippen LogP contribution in [0.4, 0.5) is 0 Å². The van der Waals surface area contributed by atoms with Gasteiger partial charge in [-0.05, 0) is 51.3 Å². The Morgan fingerprint density at radius 3 is 2.58 bits per heavy atom. The minimum Gasteiger partial charge on any atom is -0.504 e. The van der Waals surface area contributed by atoms with Gasteiger partial charge >= 0.3 is 0 Å². The molecule has 0 aliphatic carbocycles. The first-order valence-electron chi connectivity index (χ1n) is 7.32. The zero-order chi connectivity index (χ0) is 13.8. The van der Waals surface area contributed by atoms with Gasteiger partial charge in [-0.15, -0.1) is 0 Å². The molecule has 0 radical (unpaired) electrons. The van der Waals surface area contributed by atoms with Crippen molar-refractivity contribution in [1.82, 2.24) is 4.90 Å². The lowest BCUT2D eigenvalue weighted by atomic mass is 9.96. The summed E-state index contributed by atoms with van der Waals surface area (Å²) in [4.78, 5) is 2.55. The van der Waals surface area contributed by atoms with Crippen LogP contribution >= 0.6 is 0 Å². The Balaban J connectivity index is 2.11. The van der Waals surface area contributed by atoms with Crippen LogP contribution in [0.1, 0.15) is 45.6 Å². The maximum Gasteiger partial charge on any atom is 0.161 e. The van der Waals surface area contributed by atoms with Gasteiger partial charge < -0.3 is 9.84 Å². The van der Waals surface area contributed by atoms with Gasteiger partial charge in [0.05, 0.1) is 6.61 Å². The summed E-state index contributed by atoms with van der Waals surface area (Å²) < 4.78 is 5.45. The van der Waals surface area contributed by atoms with Crippen molar-refractivity contribution < 1.29 is 9.84 Å². The summed E-state index contributed by atoms with van der Waals surface area (Å²) in [5.41, 5.74) is 1.21. The summed E-state index contributed by atoms with van der Waals surface area (Å²) in [5, 5.41) is 9.74. The number of phenolic OH excluding ortho intramolecular Hbond substituents is 1. The third kappa shape index (κ3) is 3.41. The molecule has 1 N–H and O–H groups in total. The van der Waals surface area contributed by atoms with Crippen molar-refractivity contribution in [2.75, 3.05) is 6.61 Å². The molecule has 1 saturated heterocycles. The fourth-order valence-electron chi connectivity index (χ4n) is 2.93. The van der Waals surface area contributed by atoms with Gasteiger partial charge in [-0.1, -0.05) is 12.5 Å². The number of piperidine rings is 1. The first-order chi connectivity index (χ1) is 9.11. The molecular formula is C16H25NO2. The number of rotatable bonds is 4. The van der Waals surface area contributed by atoms with Crippen molar-refractivity contribution in [2.24, 2.45) is 0 Å². The zero-order valence-corrected chi connectivity index (χ0v) is 12.2. The maximum absolute atomic E-state index is 9.74. The molecule has 0 bridgehead atoms. The van der Waals surface area contributed by atoms with E-state index in [0.717, 1.165) is 6.54 Å². The molecular weight excluding hydrogens is 238 g/mol. The number of phenols is 1. The molecule has 1 aliphatic rings. The van der Waals surface area contributed by atoms with Gasteiger partial charge in [0, 0.05) is 18.6 Å². The lowest BCUT2D eigenvalue weighted by Crippen LogP contribution is -2.42. The minimum absolute atomic E-state index is 0.227. The molecule has 2 rings (SSSR count). The Morgan fingerprint density at radius 2 is 1.95 bits per heavy atom. The fourth-order valence-corrected chi connectivity index (χ4v) is 2.93. The second-order valence-corrected chi connectivity index (χ2v) is 5.54. The zero-order valence-electron chi connectivity index (χ0n) is 12.2. The summed E-state index contributed by atoms with van der Waals surface area (Å²) in [7, 11) is 0. The van der Waals surface area contributed by atoms with Gasteiger partial charge in [0.15, 0.2) is 11.5 Å². The van der Waals surface area contributed by atoms with Crippen LogP contribution in [0.15, 0.2) is 18.2 Å². The summed E-state index contributed by atoms with van der Waals surface area (Å²) in [6, 6.07) is 6.96. The van der Waals surface area contributed by atoms with Crippen molar-refractivity contribution in [3.63, 3.8) is 0 Å². The van der Waals surface area contributed by atoms with Crippen LogP contribution in [-0.4, -0.2) is 28.7 Å². The van der Waals surface area contributed by atoms with Crippen LogP contribution in [0, 0.1) is 0 Å². The van der Waals surface area contributed by atoms with E-state index < -0.39 is 0 Å². The van der Waals surface area contributed by atoms with Crippen LogP contribution < -0.4 is 4.74 Å². The van der Waals surface area contributed by atoms with Crippen molar-refractivity contribution >= 4 is 0 Å². The van der Waals surface area contributed by atoms with Gasteiger partial charge in [-0.2, -0.15) is 0 Å². The molecule has 0 spiro atoms. The summed E-state index contributed by atoms with van der Waals surface area (Å²) in [6.45, 7) is 8.05. The molecule has 0 amide bonds. The smallest absolute Gasteiger partial charge is 0.161 e. The lowest BCUT2D eigenvalue weighted by molar-refractivity contribution is 0.0951. The Kier molecular flexibility index (Phi) is 4.70. The number of nitrogens with zero attached hydrogens (tertiary/aromatic N) is 1. The summed E-state index contributed by atoms with van der Waals surface area (Å²) >= 11 is 0. The molecule has 106 valence electrons. The van der Waals surface area contributed by atoms with Gasteiger partial charge in [-0.25, -0.2) is 0 Å². The highest BCUT2D eigenvalue weighted by atomic mass is 16.5. The third-order valence-corrected chi connectivity index (χ3v) is 4.07. The number of aromatic hydroxyl groups is 1. The van der Waals surface area contributed by atoms with Gasteiger partial charge in [-0.3, -0.25) is 4.90 Å². The van der Waals surface area contributed by atoms with Crippen LogP contribution in [0.2, 0.25) is 0 Å². The summed E-state index contributed by atoms with van der Waals surface area (Å²) in [6.07, 6.45) is 3.89. The van der Waals surface area contributed by atoms with Crippen molar-refractivity contribution in [2.45, 2.75) is 58.7 Å². The number of ether oxygens (including phenoxy) is 1. The van der Waals surface area contributed by atoms with E-state index in [-0.39, 0.29) is 5.75 Å². The molecule has 3 nitrogen and oxygen atoms in total. The standard InChI is InChI=1S/C16H25NO2/c1-4-19-16-10-14(8-9-15(16)18)11-17-12(2)6-5-7-13(17)3/h8-10,12-13,18H,4-7,11H2,1-3H3/t12-,13+. The molecule has 1 aromatic carbocycles. The van der Waals surface area contributed by atoms with Gasteiger partial charge in [0.1, 0.15) is 0 Å². The number of benzene rings is 1. The molecule has 0 saturated carbocycles. The van der Waals surface area contributed by atoms with Crippen molar-refractivity contribution in [3.05, 3.63) is 23.8 Å². The molecule has 2 atom stereocenters. The van der Waals surface area contributed by atoms with E-state index in [1.807, 2.05) is 19.1 Å². The number of hydrogen-bond acceptors (Lipinski definition) is 3. The molecule has 3 heteroatoms. The van der Waals surface area contributed by atoms with Crippen LogP contribution in [0.5, 0.6) is 11.5 Å². The lowest BCUT2D eigenvalue weighted by Gasteiger charge is -2.39. The Labute approximate surface area is 116 Å². The van der Waals surface area contributed by atoms with E-state index >= 15 is 0 Å². The molecule has 19 heavy (non-hydrogen) atoms. The molecule has 1 aromatic rings. The largest absolute Gasteiger partial charge is 0.504 e. The highest BCUT2D eigenvalue weighted by molar-refractivity contribution is 5.41. The average Bonchev–Trinajstić information content (AvgIpc) is 2.38. The van der Waals surface area contributed by atoms with E-state index in [9.17, 15) is 5.11 Å². The van der Waals surface area contributed by atoms with Gasteiger partial charge in [0.25, 0.3) is 0 Å². The van der Waals surface area contributed by atoms with Crippen LogP contribution in [-0.2, 0) is 6.54 Å². The Hall–Kier alpha value is -1.22. The summed E-state index contributed by atoms with van der Waals surface area (Å²) in [5.74, 6) is 0.822. The average molecular weight is 263 g/mol. The molecule has 1 fully saturated rings. The van der Waals surface area contributed by atoms with E-state index in [1.54, 1.807) is 6.07 Å². The first kappa shape index (κ1) is 14.2. The van der Waals surface area contributed by atoms with E-state index in [2.05, 4.69) is 18.7 Å². The molecule has 0 aromatic heterocycles. The molecule has 1 heterocycles. The maximum atomic E-state index is 9.74. The Bertz CT molecular complexity index is 409. The molecule has 0 unspecified atom stereocenters. The second kappa shape index (κ2) is 6.29. The number of likely N-dealkylation sites (tertiary alicyclic amines) is 1. The van der Waals surface area contributed by atoms with E-state index in [4.69, 9.17) is 4.74 Å². The quantitative estimate of drug-likeness (QED) is 0.901. The van der Waals surface area contributed by atoms with Crippen LogP contribution in [0.25, 0.3) is 0 Å². The van der Waals surface area contributed by atoms with Crippen molar-refractivity contribution in [3.8, 4) is 11.5 Å². The monoisotopic (exact) mass is 263 g/mol. The number of hydrogen-bond donors (Lipinski definition) is 1. The predicted molar refractivity (Wildman–Crippen MR) is 77.6 cm³/mol. The van der Waals surface area contributed by atoms with E-state index in [1.165, 1.54) is 24.8 Å². The van der Waals surface area contributed by atoms with Crippen LogP contribution in [0.3, 0.4) is 0 Å². The van der Waals surface area contributed by atoms with Gasteiger partial charge in [0.2, 0.25) is 0 Å². The normalized spacial score (nSPS) is 24.4. The highest BCUT2D eigenvalue weighted by Gasteiger charge is 2.24. The SMILES string of the molecule is CCOc1cc(CN2[C@H](C)CCC[C@@H]2C)ccc1O. The predicted octanol–water partition coefficient (Wildman–Crippen LogP) is 3.55. The Morgan fingerprint density at radius 1 is 1.26 bits per heavy atom. The second-order valence-electron chi connectivity index (χ2n) is 5.54.